The molecule has 4 rings (SSSR count). The molecule has 0 unspecified atom stereocenters. The van der Waals surface area contributed by atoms with Crippen LogP contribution in [0.3, 0.4) is 0 Å². The first-order valence-corrected chi connectivity index (χ1v) is 7.63. The van der Waals surface area contributed by atoms with Gasteiger partial charge in [-0.1, -0.05) is 0 Å². The fourth-order valence-electron chi connectivity index (χ4n) is 2.63. The average molecular weight is 364 g/mol. The molecule has 4 aromatic heterocycles. The summed E-state index contributed by atoms with van der Waals surface area (Å²) in [6.45, 7) is 0.983. The molecule has 0 aliphatic heterocycles. The lowest BCUT2D eigenvalue weighted by Gasteiger charge is -2.16. The molecule has 0 radical (unpaired) electrons. The Balaban J connectivity index is 1.73. The molecule has 4 aromatic rings. The molecule has 0 amide bonds. The lowest BCUT2D eigenvalue weighted by Crippen LogP contribution is -2.33. The molecule has 2 N–H and O–H groups in total. The number of fused-ring (bicyclic) bond motifs is 2. The number of alkyl halides is 3. The maximum absolute atomic E-state index is 14.1. The molecule has 0 fully saturated rings. The van der Waals surface area contributed by atoms with E-state index in [1.165, 1.54) is 18.5 Å². The summed E-state index contributed by atoms with van der Waals surface area (Å²) in [5.41, 5.74) is 1.74. The SMILES string of the molecule is C[C@@H](Nc1ncc2c(-c3cc(F)c4nccn4c3)c[nH]c2n1)C(F)(F)F. The molecule has 0 aliphatic rings. The van der Waals surface area contributed by atoms with E-state index in [1.54, 1.807) is 23.0 Å². The van der Waals surface area contributed by atoms with Gasteiger partial charge in [-0.2, -0.15) is 18.2 Å². The molecule has 134 valence electrons. The molecule has 4 heterocycles. The minimum Gasteiger partial charge on any atom is -0.345 e. The van der Waals surface area contributed by atoms with Crippen LogP contribution >= 0.6 is 0 Å². The Kier molecular flexibility index (Phi) is 3.56. The number of H-pyrrole nitrogens is 1. The van der Waals surface area contributed by atoms with Gasteiger partial charge in [-0.15, -0.1) is 0 Å². The van der Waals surface area contributed by atoms with Crippen molar-refractivity contribution in [1.82, 2.24) is 24.3 Å². The zero-order chi connectivity index (χ0) is 18.5. The van der Waals surface area contributed by atoms with Crippen LogP contribution in [0.5, 0.6) is 0 Å². The molecular formula is C16H12F4N6. The van der Waals surface area contributed by atoms with E-state index in [9.17, 15) is 17.6 Å². The van der Waals surface area contributed by atoms with Crippen LogP contribution < -0.4 is 5.32 Å². The number of rotatable bonds is 3. The molecule has 6 nitrogen and oxygen atoms in total. The second-order valence-corrected chi connectivity index (χ2v) is 5.80. The maximum Gasteiger partial charge on any atom is 0.408 e. The van der Waals surface area contributed by atoms with Gasteiger partial charge in [0.2, 0.25) is 5.95 Å². The molecular weight excluding hydrogens is 352 g/mol. The number of aromatic nitrogens is 5. The van der Waals surface area contributed by atoms with Gasteiger partial charge in [-0.05, 0) is 13.0 Å². The van der Waals surface area contributed by atoms with Crippen molar-refractivity contribution in [3.63, 3.8) is 0 Å². The number of anilines is 1. The van der Waals surface area contributed by atoms with Crippen LogP contribution in [0.15, 0.2) is 37.1 Å². The summed E-state index contributed by atoms with van der Waals surface area (Å²) in [5, 5.41) is 2.78. The Morgan fingerprint density at radius 2 is 2.08 bits per heavy atom. The number of nitrogens with zero attached hydrogens (tertiary/aromatic N) is 4. The number of imidazole rings is 1. The first-order chi connectivity index (χ1) is 12.3. The highest BCUT2D eigenvalue weighted by Crippen LogP contribution is 2.29. The second-order valence-electron chi connectivity index (χ2n) is 5.80. The Labute approximate surface area is 143 Å². The summed E-state index contributed by atoms with van der Waals surface area (Å²) < 4.78 is 53.6. The van der Waals surface area contributed by atoms with Crippen molar-refractivity contribution in [3.8, 4) is 11.1 Å². The van der Waals surface area contributed by atoms with Crippen LogP contribution in [0.1, 0.15) is 6.92 Å². The van der Waals surface area contributed by atoms with Gasteiger partial charge in [0, 0.05) is 47.5 Å². The van der Waals surface area contributed by atoms with E-state index in [0.29, 0.717) is 22.2 Å². The van der Waals surface area contributed by atoms with E-state index in [2.05, 4.69) is 25.3 Å². The maximum atomic E-state index is 14.1. The van der Waals surface area contributed by atoms with E-state index in [-0.39, 0.29) is 11.6 Å². The Bertz CT molecular complexity index is 1100. The predicted octanol–water partition coefficient (Wildman–Crippen LogP) is 3.77. The van der Waals surface area contributed by atoms with E-state index in [0.717, 1.165) is 6.92 Å². The molecule has 0 saturated carbocycles. The predicted molar refractivity (Wildman–Crippen MR) is 87.2 cm³/mol. The van der Waals surface area contributed by atoms with E-state index in [4.69, 9.17) is 0 Å². The van der Waals surface area contributed by atoms with Crippen LogP contribution in [0.25, 0.3) is 27.8 Å². The molecule has 0 bridgehead atoms. The van der Waals surface area contributed by atoms with Gasteiger partial charge in [0.25, 0.3) is 0 Å². The fourth-order valence-corrected chi connectivity index (χ4v) is 2.63. The third kappa shape index (κ3) is 2.72. The summed E-state index contributed by atoms with van der Waals surface area (Å²) in [6, 6.07) is -0.449. The van der Waals surface area contributed by atoms with Gasteiger partial charge in [0.15, 0.2) is 11.5 Å². The van der Waals surface area contributed by atoms with Crippen LogP contribution in [-0.4, -0.2) is 36.6 Å². The van der Waals surface area contributed by atoms with Crippen LogP contribution in [0.4, 0.5) is 23.5 Å². The first kappa shape index (κ1) is 16.3. The molecule has 26 heavy (non-hydrogen) atoms. The van der Waals surface area contributed by atoms with Crippen LogP contribution in [0, 0.1) is 5.82 Å². The van der Waals surface area contributed by atoms with Gasteiger partial charge in [-0.3, -0.25) is 0 Å². The summed E-state index contributed by atoms with van der Waals surface area (Å²) >= 11 is 0. The van der Waals surface area contributed by atoms with Crippen LogP contribution in [0.2, 0.25) is 0 Å². The topological polar surface area (TPSA) is 70.9 Å². The lowest BCUT2D eigenvalue weighted by molar-refractivity contribution is -0.138. The lowest BCUT2D eigenvalue weighted by atomic mass is 10.1. The van der Waals surface area contributed by atoms with Gasteiger partial charge >= 0.3 is 6.18 Å². The smallest absolute Gasteiger partial charge is 0.345 e. The van der Waals surface area contributed by atoms with Crippen LogP contribution in [-0.2, 0) is 0 Å². The third-order valence-corrected chi connectivity index (χ3v) is 4.02. The van der Waals surface area contributed by atoms with Gasteiger partial charge in [-0.25, -0.2) is 14.4 Å². The van der Waals surface area contributed by atoms with Crippen molar-refractivity contribution < 1.29 is 17.6 Å². The average Bonchev–Trinajstić information content (AvgIpc) is 3.20. The van der Waals surface area contributed by atoms with Gasteiger partial charge in [0.05, 0.1) is 0 Å². The minimum absolute atomic E-state index is 0.146. The van der Waals surface area contributed by atoms with Gasteiger partial charge in [0.1, 0.15) is 11.7 Å². The van der Waals surface area contributed by atoms with Gasteiger partial charge < -0.3 is 14.7 Å². The van der Waals surface area contributed by atoms with Crippen molar-refractivity contribution in [1.29, 1.82) is 0 Å². The molecule has 10 heteroatoms. The minimum atomic E-state index is -4.41. The summed E-state index contributed by atoms with van der Waals surface area (Å²) in [7, 11) is 0. The largest absolute Gasteiger partial charge is 0.408 e. The standard InChI is InChI=1S/C16H12F4N6/c1-8(16(18,19)20)24-15-23-6-11-10(5-22-13(11)25-15)9-4-12(17)14-21-2-3-26(14)7-9/h2-8H,1H3,(H2,22,23,24,25)/t8-/m1/s1. The number of aromatic amines is 1. The zero-order valence-electron chi connectivity index (χ0n) is 13.3. The van der Waals surface area contributed by atoms with Crippen molar-refractivity contribution in [2.45, 2.75) is 19.1 Å². The van der Waals surface area contributed by atoms with Crippen molar-refractivity contribution in [2.24, 2.45) is 0 Å². The van der Waals surface area contributed by atoms with E-state index in [1.807, 2.05) is 0 Å². The van der Waals surface area contributed by atoms with E-state index >= 15 is 0 Å². The monoisotopic (exact) mass is 364 g/mol. The highest BCUT2D eigenvalue weighted by atomic mass is 19.4. The number of hydrogen-bond donors (Lipinski definition) is 2. The second kappa shape index (κ2) is 5.68. The van der Waals surface area contributed by atoms with Crippen molar-refractivity contribution >= 4 is 22.6 Å². The van der Waals surface area contributed by atoms with E-state index < -0.39 is 18.0 Å². The molecule has 0 spiro atoms. The fraction of sp³-hybridized carbons (Fsp3) is 0.188. The van der Waals surface area contributed by atoms with Crippen molar-refractivity contribution in [2.75, 3.05) is 5.32 Å². The highest BCUT2D eigenvalue weighted by Gasteiger charge is 2.36. The number of nitrogens with one attached hydrogen (secondary N) is 2. The highest BCUT2D eigenvalue weighted by molar-refractivity contribution is 5.93. The first-order valence-electron chi connectivity index (χ1n) is 7.63. The van der Waals surface area contributed by atoms with Crippen molar-refractivity contribution in [3.05, 3.63) is 42.9 Å². The number of halogens is 4. The number of hydrogen-bond acceptors (Lipinski definition) is 4. The molecule has 1 atom stereocenters. The Morgan fingerprint density at radius 3 is 2.85 bits per heavy atom. The Hall–Kier alpha value is -3.17. The molecule has 0 aliphatic carbocycles. The summed E-state index contributed by atoms with van der Waals surface area (Å²) in [5.74, 6) is -0.632. The summed E-state index contributed by atoms with van der Waals surface area (Å²) in [6.07, 6.45) is 3.40. The molecule has 0 aromatic carbocycles. The summed E-state index contributed by atoms with van der Waals surface area (Å²) in [4.78, 5) is 14.8. The quantitative estimate of drug-likeness (QED) is 0.543. The Morgan fingerprint density at radius 1 is 1.27 bits per heavy atom. The normalized spacial score (nSPS) is 13.4. The number of pyridine rings is 1. The third-order valence-electron chi connectivity index (χ3n) is 4.02. The molecule has 0 saturated heterocycles. The zero-order valence-corrected chi connectivity index (χ0v) is 13.3.